The van der Waals surface area contributed by atoms with E-state index in [1.54, 1.807) is 30.6 Å². The average Bonchev–Trinajstić information content (AvgIpc) is 2.78. The number of nitrogens with zero attached hydrogens (tertiary/aromatic N) is 4. The summed E-state index contributed by atoms with van der Waals surface area (Å²) >= 11 is 0. The number of hydrogen-bond acceptors (Lipinski definition) is 7. The van der Waals surface area contributed by atoms with Gasteiger partial charge in [-0.15, -0.1) is 0 Å². The molecule has 0 radical (unpaired) electrons. The third-order valence-electron chi connectivity index (χ3n) is 4.74. The molecule has 0 amide bonds. The first-order valence-corrected chi connectivity index (χ1v) is 11.5. The van der Waals surface area contributed by atoms with E-state index < -0.39 is 9.84 Å². The van der Waals surface area contributed by atoms with Crippen molar-refractivity contribution in [1.29, 1.82) is 0 Å². The topological polar surface area (TPSA) is 112 Å². The van der Waals surface area contributed by atoms with Gasteiger partial charge in [-0.3, -0.25) is 4.98 Å². The van der Waals surface area contributed by atoms with Crippen molar-refractivity contribution in [2.24, 2.45) is 5.73 Å². The summed E-state index contributed by atoms with van der Waals surface area (Å²) in [4.78, 5) is 18.3. The third-order valence-corrected chi connectivity index (χ3v) is 5.85. The first-order chi connectivity index (χ1) is 14.8. The van der Waals surface area contributed by atoms with Gasteiger partial charge in [-0.1, -0.05) is 18.2 Å². The number of hydrogen-bond donors (Lipinski definition) is 1. The molecule has 156 valence electrons. The number of pyridine rings is 2. The maximum atomic E-state index is 11.9. The van der Waals surface area contributed by atoms with Crippen LogP contribution in [0.5, 0.6) is 0 Å². The first-order valence-electron chi connectivity index (χ1n) is 9.61. The molecule has 4 aromatic rings. The molecule has 0 aliphatic heterocycles. The summed E-state index contributed by atoms with van der Waals surface area (Å²) in [6, 6.07) is 16.2. The van der Waals surface area contributed by atoms with Crippen molar-refractivity contribution in [3.63, 3.8) is 0 Å². The van der Waals surface area contributed by atoms with Crippen LogP contribution >= 0.6 is 0 Å². The zero-order valence-corrected chi connectivity index (χ0v) is 18.0. The molecule has 1 aromatic carbocycles. The molecule has 0 aliphatic carbocycles. The number of rotatable bonds is 5. The lowest BCUT2D eigenvalue weighted by Crippen LogP contribution is -2.04. The van der Waals surface area contributed by atoms with Crippen molar-refractivity contribution < 1.29 is 8.42 Å². The summed E-state index contributed by atoms with van der Waals surface area (Å²) in [7, 11) is -3.31. The largest absolute Gasteiger partial charge is 0.325 e. The second kappa shape index (κ2) is 8.33. The van der Waals surface area contributed by atoms with Gasteiger partial charge >= 0.3 is 0 Å². The fourth-order valence-corrected chi connectivity index (χ4v) is 3.84. The molecule has 0 bridgehead atoms. The highest BCUT2D eigenvalue weighted by molar-refractivity contribution is 7.90. The Balaban J connectivity index is 1.80. The van der Waals surface area contributed by atoms with Crippen LogP contribution < -0.4 is 5.73 Å². The monoisotopic (exact) mass is 431 g/mol. The van der Waals surface area contributed by atoms with Gasteiger partial charge in [-0.05, 0) is 48.9 Å². The number of aromatic nitrogens is 4. The SMILES string of the molecule is Cc1cccc(-c2nc(CN)cc(-c3cncc(-c4cccc(S(C)(=O)=O)c4)c3)n2)n1. The van der Waals surface area contributed by atoms with E-state index in [1.165, 1.54) is 6.26 Å². The van der Waals surface area contributed by atoms with Gasteiger partial charge in [-0.2, -0.15) is 0 Å². The number of sulfone groups is 1. The van der Waals surface area contributed by atoms with Crippen LogP contribution in [0.3, 0.4) is 0 Å². The Morgan fingerprint density at radius 3 is 2.35 bits per heavy atom. The highest BCUT2D eigenvalue weighted by Crippen LogP contribution is 2.27. The third kappa shape index (κ3) is 4.65. The predicted molar refractivity (Wildman–Crippen MR) is 120 cm³/mol. The minimum absolute atomic E-state index is 0.260. The molecule has 0 aliphatic rings. The van der Waals surface area contributed by atoms with Gasteiger partial charge in [0.2, 0.25) is 0 Å². The molecule has 0 saturated heterocycles. The normalized spacial score (nSPS) is 11.5. The zero-order chi connectivity index (χ0) is 22.0. The van der Waals surface area contributed by atoms with Crippen molar-refractivity contribution >= 4 is 9.84 Å². The zero-order valence-electron chi connectivity index (χ0n) is 17.1. The molecular weight excluding hydrogens is 410 g/mol. The Kier molecular flexibility index (Phi) is 5.58. The second-order valence-corrected chi connectivity index (χ2v) is 9.21. The molecule has 0 fully saturated rings. The summed E-state index contributed by atoms with van der Waals surface area (Å²) in [5.41, 5.74) is 11.1. The van der Waals surface area contributed by atoms with E-state index >= 15 is 0 Å². The van der Waals surface area contributed by atoms with Crippen LogP contribution in [0, 0.1) is 6.92 Å². The molecule has 0 atom stereocenters. The fraction of sp³-hybridized carbons (Fsp3) is 0.130. The second-order valence-electron chi connectivity index (χ2n) is 7.20. The average molecular weight is 432 g/mol. The number of benzene rings is 1. The van der Waals surface area contributed by atoms with E-state index in [2.05, 4.69) is 19.9 Å². The Labute approximate surface area is 181 Å². The van der Waals surface area contributed by atoms with E-state index in [-0.39, 0.29) is 11.4 Å². The summed E-state index contributed by atoms with van der Waals surface area (Å²) in [6.45, 7) is 2.17. The van der Waals surface area contributed by atoms with Gasteiger partial charge in [-0.25, -0.2) is 23.4 Å². The summed E-state index contributed by atoms with van der Waals surface area (Å²) in [6.07, 6.45) is 4.59. The summed E-state index contributed by atoms with van der Waals surface area (Å²) in [5, 5.41) is 0. The highest BCUT2D eigenvalue weighted by atomic mass is 32.2. The molecule has 4 rings (SSSR count). The van der Waals surface area contributed by atoms with Crippen LogP contribution in [0.1, 0.15) is 11.4 Å². The van der Waals surface area contributed by atoms with Crippen molar-refractivity contribution in [3.05, 3.63) is 78.4 Å². The van der Waals surface area contributed by atoms with Crippen molar-refractivity contribution in [2.45, 2.75) is 18.4 Å². The fourth-order valence-electron chi connectivity index (χ4n) is 3.18. The van der Waals surface area contributed by atoms with Crippen LogP contribution in [0.4, 0.5) is 0 Å². The molecular formula is C23H21N5O2S. The lowest BCUT2D eigenvalue weighted by atomic mass is 10.0. The molecule has 2 N–H and O–H groups in total. The lowest BCUT2D eigenvalue weighted by molar-refractivity contribution is 0.602. The van der Waals surface area contributed by atoms with Crippen molar-refractivity contribution in [1.82, 2.24) is 19.9 Å². The first kappa shape index (κ1) is 20.8. The summed E-state index contributed by atoms with van der Waals surface area (Å²) in [5.74, 6) is 0.492. The van der Waals surface area contributed by atoms with Crippen molar-refractivity contribution in [2.75, 3.05) is 6.26 Å². The van der Waals surface area contributed by atoms with Gasteiger partial charge in [0.05, 0.1) is 16.3 Å². The predicted octanol–water partition coefficient (Wildman–Crippen LogP) is 3.44. The van der Waals surface area contributed by atoms with E-state index in [9.17, 15) is 8.42 Å². The Morgan fingerprint density at radius 2 is 1.61 bits per heavy atom. The molecule has 8 heteroatoms. The van der Waals surface area contributed by atoms with Crippen LogP contribution in [0.15, 0.2) is 71.9 Å². The van der Waals surface area contributed by atoms with Gasteiger partial charge in [0, 0.05) is 42.0 Å². The quantitative estimate of drug-likeness (QED) is 0.515. The van der Waals surface area contributed by atoms with Crippen molar-refractivity contribution in [3.8, 4) is 33.9 Å². The highest BCUT2D eigenvalue weighted by Gasteiger charge is 2.12. The molecule has 0 unspecified atom stereocenters. The smallest absolute Gasteiger partial charge is 0.179 e. The standard InChI is InChI=1S/C23H21N5O2S/c1-15-5-3-8-21(26-15)23-27-19(12-24)11-22(28-23)18-9-17(13-25-14-18)16-6-4-7-20(10-16)31(2,29)30/h3-11,13-14H,12,24H2,1-2H3. The van der Waals surface area contributed by atoms with Crippen LogP contribution in [0.2, 0.25) is 0 Å². The molecule has 0 saturated carbocycles. The van der Waals surface area contributed by atoms with Crippen LogP contribution in [0.25, 0.3) is 33.9 Å². The Hall–Kier alpha value is -3.49. The Bertz CT molecular complexity index is 1370. The Morgan fingerprint density at radius 1 is 0.839 bits per heavy atom. The minimum atomic E-state index is -3.31. The maximum Gasteiger partial charge on any atom is 0.179 e. The molecule has 3 aromatic heterocycles. The molecule has 31 heavy (non-hydrogen) atoms. The minimum Gasteiger partial charge on any atom is -0.325 e. The van der Waals surface area contributed by atoms with E-state index in [0.29, 0.717) is 22.9 Å². The van der Waals surface area contributed by atoms with Gasteiger partial charge in [0.1, 0.15) is 5.69 Å². The maximum absolute atomic E-state index is 11.9. The number of aryl methyl sites for hydroxylation is 1. The molecule has 7 nitrogen and oxygen atoms in total. The number of nitrogens with two attached hydrogens (primary N) is 1. The van der Waals surface area contributed by atoms with Gasteiger partial charge in [0.25, 0.3) is 0 Å². The van der Waals surface area contributed by atoms with Crippen LogP contribution in [-0.2, 0) is 16.4 Å². The molecule has 3 heterocycles. The van der Waals surface area contributed by atoms with E-state index in [1.807, 2.05) is 43.3 Å². The van der Waals surface area contributed by atoms with Gasteiger partial charge in [0.15, 0.2) is 15.7 Å². The summed E-state index contributed by atoms with van der Waals surface area (Å²) < 4.78 is 23.8. The van der Waals surface area contributed by atoms with Crippen LogP contribution in [-0.4, -0.2) is 34.6 Å². The van der Waals surface area contributed by atoms with E-state index in [4.69, 9.17) is 5.73 Å². The van der Waals surface area contributed by atoms with E-state index in [0.717, 1.165) is 22.4 Å². The van der Waals surface area contributed by atoms with Gasteiger partial charge < -0.3 is 5.73 Å². The molecule has 0 spiro atoms. The lowest BCUT2D eigenvalue weighted by Gasteiger charge is -2.09.